The summed E-state index contributed by atoms with van der Waals surface area (Å²) < 4.78 is 6.42. The quantitative estimate of drug-likeness (QED) is 0.788. The van der Waals surface area contributed by atoms with Crippen molar-refractivity contribution in [3.05, 3.63) is 23.3 Å². The van der Waals surface area contributed by atoms with Gasteiger partial charge in [0.2, 0.25) is 11.7 Å². The van der Waals surface area contributed by atoms with Gasteiger partial charge >= 0.3 is 0 Å². The molecule has 0 aromatic carbocycles. The Morgan fingerprint density at radius 3 is 3.00 bits per heavy atom. The van der Waals surface area contributed by atoms with Crippen molar-refractivity contribution in [2.75, 3.05) is 0 Å². The van der Waals surface area contributed by atoms with Crippen LogP contribution in [0.4, 0.5) is 0 Å². The molecule has 2 heterocycles. The molecule has 15 heavy (non-hydrogen) atoms. The molecule has 2 rings (SSSR count). The third-order valence-electron chi connectivity index (χ3n) is 1.96. The third kappa shape index (κ3) is 2.15. The minimum Gasteiger partial charge on any atom is -0.343 e. The van der Waals surface area contributed by atoms with Crippen LogP contribution in [0.2, 0.25) is 5.28 Å². The maximum Gasteiger partial charge on any atom is 0.225 e. The van der Waals surface area contributed by atoms with Crippen LogP contribution in [0.3, 0.4) is 0 Å². The van der Waals surface area contributed by atoms with Crippen molar-refractivity contribution < 1.29 is 4.52 Å². The molecule has 0 saturated heterocycles. The Balaban J connectivity index is 2.22. The van der Waals surface area contributed by atoms with Crippen LogP contribution in [0.15, 0.2) is 10.9 Å². The second-order valence-electron chi connectivity index (χ2n) is 3.07. The van der Waals surface area contributed by atoms with Crippen LogP contribution >= 0.6 is 11.6 Å². The van der Waals surface area contributed by atoms with E-state index in [4.69, 9.17) is 11.6 Å². The first-order valence-electron chi connectivity index (χ1n) is 4.64. The number of aryl methyl sites for hydroxylation is 1. The van der Waals surface area contributed by atoms with Gasteiger partial charge in [0.05, 0.1) is 6.54 Å². The van der Waals surface area contributed by atoms with Crippen LogP contribution < -0.4 is 0 Å². The maximum absolute atomic E-state index is 5.90. The zero-order valence-corrected chi connectivity index (χ0v) is 8.98. The highest BCUT2D eigenvalue weighted by Gasteiger charge is 2.11. The van der Waals surface area contributed by atoms with Crippen LogP contribution in [0.25, 0.3) is 0 Å². The summed E-state index contributed by atoms with van der Waals surface area (Å²) in [7, 11) is 0. The van der Waals surface area contributed by atoms with E-state index in [2.05, 4.69) is 31.8 Å². The van der Waals surface area contributed by atoms with Gasteiger partial charge in [0.25, 0.3) is 0 Å². The molecule has 0 bridgehead atoms. The van der Waals surface area contributed by atoms with Crippen LogP contribution in [0.5, 0.6) is 0 Å². The number of hydrogen-bond acceptors (Lipinski definition) is 5. The van der Waals surface area contributed by atoms with E-state index in [1.165, 1.54) is 6.39 Å². The zero-order valence-electron chi connectivity index (χ0n) is 8.22. The Labute approximate surface area is 91.3 Å². The summed E-state index contributed by atoms with van der Waals surface area (Å²) in [6, 6.07) is 0. The minimum absolute atomic E-state index is 0.350. The van der Waals surface area contributed by atoms with Crippen molar-refractivity contribution >= 4 is 11.6 Å². The van der Waals surface area contributed by atoms with Crippen molar-refractivity contribution in [3.8, 4) is 0 Å². The lowest BCUT2D eigenvalue weighted by molar-refractivity contribution is 0.408. The predicted octanol–water partition coefficient (Wildman–Crippen LogP) is 1.32. The van der Waals surface area contributed by atoms with Gasteiger partial charge in [0.15, 0.2) is 5.82 Å². The van der Waals surface area contributed by atoms with Gasteiger partial charge in [0, 0.05) is 6.42 Å². The van der Waals surface area contributed by atoms with E-state index in [0.29, 0.717) is 17.7 Å². The summed E-state index contributed by atoms with van der Waals surface area (Å²) in [5.41, 5.74) is 0. The largest absolute Gasteiger partial charge is 0.343 e. The Hall–Kier alpha value is -1.43. The monoisotopic (exact) mass is 227 g/mol. The van der Waals surface area contributed by atoms with Crippen molar-refractivity contribution in [1.29, 1.82) is 0 Å². The summed E-state index contributed by atoms with van der Waals surface area (Å²) >= 11 is 5.90. The molecule has 7 heteroatoms. The minimum atomic E-state index is 0.350. The molecule has 0 fully saturated rings. The average Bonchev–Trinajstić information content (AvgIpc) is 2.83. The Morgan fingerprint density at radius 2 is 2.33 bits per heavy atom. The number of aromatic nitrogens is 5. The predicted molar refractivity (Wildman–Crippen MR) is 52.4 cm³/mol. The lowest BCUT2D eigenvalue weighted by atomic mass is 10.3. The zero-order chi connectivity index (χ0) is 10.7. The Morgan fingerprint density at radius 1 is 1.47 bits per heavy atom. The molecule has 2 aromatic heterocycles. The molecule has 0 amide bonds. The summed E-state index contributed by atoms with van der Waals surface area (Å²) in [6.45, 7) is 2.51. The molecular weight excluding hydrogens is 218 g/mol. The fourth-order valence-electron chi connectivity index (χ4n) is 1.28. The van der Waals surface area contributed by atoms with Crippen molar-refractivity contribution in [2.24, 2.45) is 0 Å². The van der Waals surface area contributed by atoms with Gasteiger partial charge in [-0.1, -0.05) is 12.1 Å². The van der Waals surface area contributed by atoms with Crippen molar-refractivity contribution in [1.82, 2.24) is 24.9 Å². The van der Waals surface area contributed by atoms with Crippen molar-refractivity contribution in [3.63, 3.8) is 0 Å². The number of nitrogens with zero attached hydrogens (tertiary/aromatic N) is 5. The maximum atomic E-state index is 5.90. The first-order chi connectivity index (χ1) is 7.31. The van der Waals surface area contributed by atoms with Crippen LogP contribution in [-0.4, -0.2) is 24.9 Å². The van der Waals surface area contributed by atoms with Crippen LogP contribution in [0, 0.1) is 0 Å². The molecule has 0 spiro atoms. The molecule has 0 unspecified atom stereocenters. The van der Waals surface area contributed by atoms with E-state index < -0.39 is 0 Å². The average molecular weight is 228 g/mol. The molecule has 0 radical (unpaired) electrons. The summed E-state index contributed by atoms with van der Waals surface area (Å²) in [6.07, 6.45) is 3.10. The second kappa shape index (κ2) is 4.39. The summed E-state index contributed by atoms with van der Waals surface area (Å²) in [5, 5.41) is 11.9. The Bertz CT molecular complexity index is 424. The molecule has 80 valence electrons. The summed E-state index contributed by atoms with van der Waals surface area (Å²) in [5.74, 6) is 1.40. The topological polar surface area (TPSA) is 69.6 Å². The van der Waals surface area contributed by atoms with E-state index in [1.54, 1.807) is 4.57 Å². The Kier molecular flexibility index (Phi) is 2.96. The SMILES string of the molecule is CCCc1nnc(Cl)n1Cc1ncon1. The summed E-state index contributed by atoms with van der Waals surface area (Å²) in [4.78, 5) is 3.92. The molecule has 0 aliphatic rings. The first-order valence-corrected chi connectivity index (χ1v) is 5.02. The molecular formula is C8H10ClN5O. The van der Waals surface area contributed by atoms with Crippen molar-refractivity contribution in [2.45, 2.75) is 26.3 Å². The highest BCUT2D eigenvalue weighted by molar-refractivity contribution is 6.28. The fourth-order valence-corrected chi connectivity index (χ4v) is 1.48. The van der Waals surface area contributed by atoms with Gasteiger partial charge in [-0.3, -0.25) is 4.57 Å². The fraction of sp³-hybridized carbons (Fsp3) is 0.500. The molecule has 0 aliphatic carbocycles. The second-order valence-corrected chi connectivity index (χ2v) is 3.41. The van der Waals surface area contributed by atoms with E-state index in [1.807, 2.05) is 0 Å². The standard InChI is InChI=1S/C8H10ClN5O/c1-2-3-7-11-12-8(9)14(7)4-6-10-5-15-13-6/h5H,2-4H2,1H3. The van der Waals surface area contributed by atoms with Crippen LogP contribution in [-0.2, 0) is 13.0 Å². The first kappa shape index (κ1) is 10.1. The highest BCUT2D eigenvalue weighted by Crippen LogP contribution is 2.11. The lowest BCUT2D eigenvalue weighted by Crippen LogP contribution is -2.06. The van der Waals surface area contributed by atoms with Gasteiger partial charge in [-0.05, 0) is 18.0 Å². The molecule has 0 atom stereocenters. The van der Waals surface area contributed by atoms with Gasteiger partial charge in [0.1, 0.15) is 5.82 Å². The lowest BCUT2D eigenvalue weighted by Gasteiger charge is -2.02. The van der Waals surface area contributed by atoms with Crippen LogP contribution in [0.1, 0.15) is 25.0 Å². The number of rotatable bonds is 4. The molecule has 6 nitrogen and oxygen atoms in total. The molecule has 0 saturated carbocycles. The molecule has 0 N–H and O–H groups in total. The van der Waals surface area contributed by atoms with Gasteiger partial charge in [-0.2, -0.15) is 4.98 Å². The highest BCUT2D eigenvalue weighted by atomic mass is 35.5. The molecule has 0 aliphatic heterocycles. The number of hydrogen-bond donors (Lipinski definition) is 0. The van der Waals surface area contributed by atoms with E-state index in [0.717, 1.165) is 18.7 Å². The van der Waals surface area contributed by atoms with Gasteiger partial charge in [-0.15, -0.1) is 10.2 Å². The van der Waals surface area contributed by atoms with E-state index in [-0.39, 0.29) is 0 Å². The molecule has 2 aromatic rings. The van der Waals surface area contributed by atoms with E-state index >= 15 is 0 Å². The van der Waals surface area contributed by atoms with Gasteiger partial charge < -0.3 is 4.52 Å². The smallest absolute Gasteiger partial charge is 0.225 e. The normalized spacial score (nSPS) is 10.8. The third-order valence-corrected chi connectivity index (χ3v) is 2.24. The van der Waals surface area contributed by atoms with E-state index in [9.17, 15) is 0 Å². The van der Waals surface area contributed by atoms with Gasteiger partial charge in [-0.25, -0.2) is 0 Å². The number of halogens is 1.